The van der Waals surface area contributed by atoms with Crippen molar-refractivity contribution in [3.8, 4) is 11.3 Å². The normalized spacial score (nSPS) is 10.3. The summed E-state index contributed by atoms with van der Waals surface area (Å²) >= 11 is 0. The van der Waals surface area contributed by atoms with Crippen molar-refractivity contribution in [1.82, 2.24) is 4.98 Å². The minimum absolute atomic E-state index is 0.0162. The van der Waals surface area contributed by atoms with Gasteiger partial charge in [-0.1, -0.05) is 6.07 Å². The lowest BCUT2D eigenvalue weighted by molar-refractivity contribution is 0.613. The van der Waals surface area contributed by atoms with E-state index in [1.807, 2.05) is 0 Å². The Morgan fingerprint density at radius 3 is 2.60 bits per heavy atom. The topological polar surface area (TPSA) is 38.9 Å². The number of nitrogens with two attached hydrogens (primary N) is 1. The first-order valence-electron chi connectivity index (χ1n) is 4.35. The summed E-state index contributed by atoms with van der Waals surface area (Å²) in [5.74, 6) is -1.21. The Balaban J connectivity index is 2.65. The average molecular weight is 206 g/mol. The van der Waals surface area contributed by atoms with Crippen molar-refractivity contribution < 1.29 is 8.78 Å². The van der Waals surface area contributed by atoms with Crippen molar-refractivity contribution >= 4 is 5.69 Å². The minimum Gasteiger partial charge on any atom is -0.396 e. The first-order valence-corrected chi connectivity index (χ1v) is 4.35. The molecular formula is C11H8F2N2. The summed E-state index contributed by atoms with van der Waals surface area (Å²) in [6.07, 6.45) is 1.40. The second kappa shape index (κ2) is 3.65. The number of halogens is 2. The van der Waals surface area contributed by atoms with Crippen LogP contribution in [0.4, 0.5) is 14.5 Å². The van der Waals surface area contributed by atoms with E-state index in [2.05, 4.69) is 4.98 Å². The van der Waals surface area contributed by atoms with Crippen molar-refractivity contribution in [2.75, 3.05) is 5.73 Å². The van der Waals surface area contributed by atoms with Gasteiger partial charge >= 0.3 is 0 Å². The monoisotopic (exact) mass is 206 g/mol. The Labute approximate surface area is 85.4 Å². The summed E-state index contributed by atoms with van der Waals surface area (Å²) in [4.78, 5) is 3.78. The molecule has 1 aromatic carbocycles. The Morgan fingerprint density at radius 1 is 1.07 bits per heavy atom. The van der Waals surface area contributed by atoms with Crippen LogP contribution >= 0.6 is 0 Å². The molecule has 76 valence electrons. The largest absolute Gasteiger partial charge is 0.396 e. The van der Waals surface area contributed by atoms with E-state index in [1.54, 1.807) is 6.07 Å². The molecule has 15 heavy (non-hydrogen) atoms. The number of nitrogens with zero attached hydrogens (tertiary/aromatic N) is 1. The molecule has 0 radical (unpaired) electrons. The number of nitrogen functional groups attached to an aromatic ring is 1. The fourth-order valence-electron chi connectivity index (χ4n) is 1.32. The lowest BCUT2D eigenvalue weighted by Gasteiger charge is -2.05. The van der Waals surface area contributed by atoms with Gasteiger partial charge in [0.25, 0.3) is 0 Å². The van der Waals surface area contributed by atoms with Crippen LogP contribution in [-0.4, -0.2) is 4.98 Å². The van der Waals surface area contributed by atoms with Gasteiger partial charge in [-0.25, -0.2) is 8.78 Å². The summed E-state index contributed by atoms with van der Waals surface area (Å²) in [7, 11) is 0. The highest BCUT2D eigenvalue weighted by Crippen LogP contribution is 2.26. The summed E-state index contributed by atoms with van der Waals surface area (Å²) in [6, 6.07) is 7.09. The number of hydrogen-bond donors (Lipinski definition) is 1. The molecule has 2 nitrogen and oxygen atoms in total. The molecule has 0 amide bonds. The van der Waals surface area contributed by atoms with E-state index in [1.165, 1.54) is 30.5 Å². The van der Waals surface area contributed by atoms with Gasteiger partial charge in [0.15, 0.2) is 5.82 Å². The molecule has 0 aliphatic rings. The third-order valence-corrected chi connectivity index (χ3v) is 2.04. The molecule has 0 atom stereocenters. The maximum Gasteiger partial charge on any atom is 0.155 e. The molecule has 0 aliphatic heterocycles. The van der Waals surface area contributed by atoms with E-state index in [9.17, 15) is 8.78 Å². The Kier molecular flexibility index (Phi) is 2.33. The van der Waals surface area contributed by atoms with Gasteiger partial charge in [-0.15, -0.1) is 0 Å². The van der Waals surface area contributed by atoms with E-state index in [0.717, 1.165) is 0 Å². The second-order valence-electron chi connectivity index (χ2n) is 3.04. The molecule has 0 saturated carbocycles. The molecule has 1 aromatic heterocycles. The molecule has 0 bridgehead atoms. The average Bonchev–Trinajstić information content (AvgIpc) is 2.23. The molecule has 2 rings (SSSR count). The van der Waals surface area contributed by atoms with E-state index in [-0.39, 0.29) is 16.9 Å². The van der Waals surface area contributed by atoms with Crippen LogP contribution in [0.5, 0.6) is 0 Å². The zero-order valence-electron chi connectivity index (χ0n) is 7.74. The first-order chi connectivity index (χ1) is 7.20. The van der Waals surface area contributed by atoms with Gasteiger partial charge in [0, 0.05) is 11.8 Å². The van der Waals surface area contributed by atoms with Crippen molar-refractivity contribution in [3.05, 3.63) is 48.2 Å². The highest BCUT2D eigenvalue weighted by Gasteiger charge is 2.12. The van der Waals surface area contributed by atoms with Gasteiger partial charge in [-0.3, -0.25) is 4.98 Å². The molecule has 4 heteroatoms. The van der Waals surface area contributed by atoms with Crippen molar-refractivity contribution in [2.24, 2.45) is 0 Å². The van der Waals surface area contributed by atoms with Gasteiger partial charge in [-0.05, 0) is 24.3 Å². The molecule has 2 N–H and O–H groups in total. The molecule has 0 fully saturated rings. The van der Waals surface area contributed by atoms with Crippen LogP contribution in [0, 0.1) is 11.6 Å². The predicted octanol–water partition coefficient (Wildman–Crippen LogP) is 2.61. The highest BCUT2D eigenvalue weighted by atomic mass is 19.1. The van der Waals surface area contributed by atoms with Crippen molar-refractivity contribution in [2.45, 2.75) is 0 Å². The van der Waals surface area contributed by atoms with Crippen LogP contribution in [0.1, 0.15) is 0 Å². The number of rotatable bonds is 1. The number of benzene rings is 1. The predicted molar refractivity (Wildman–Crippen MR) is 54.0 cm³/mol. The molecule has 0 spiro atoms. The molecular weight excluding hydrogens is 198 g/mol. The fraction of sp³-hybridized carbons (Fsp3) is 0. The van der Waals surface area contributed by atoms with Gasteiger partial charge < -0.3 is 5.73 Å². The quantitative estimate of drug-likeness (QED) is 0.728. The van der Waals surface area contributed by atoms with Crippen molar-refractivity contribution in [3.63, 3.8) is 0 Å². The standard InChI is InChI=1S/C11H8F2N2/c12-8-4-2-6-15-11(8)7-3-1-5-9(14)10(7)13/h1-6H,14H2. The maximum atomic E-state index is 13.5. The zero-order valence-corrected chi connectivity index (χ0v) is 7.74. The number of hydrogen-bond acceptors (Lipinski definition) is 2. The first kappa shape index (κ1) is 9.58. The SMILES string of the molecule is Nc1cccc(-c2ncccc2F)c1F. The lowest BCUT2D eigenvalue weighted by Crippen LogP contribution is -1.96. The smallest absolute Gasteiger partial charge is 0.155 e. The molecule has 0 saturated heterocycles. The van der Waals surface area contributed by atoms with E-state index < -0.39 is 11.6 Å². The van der Waals surface area contributed by atoms with E-state index in [0.29, 0.717) is 0 Å². The maximum absolute atomic E-state index is 13.5. The lowest BCUT2D eigenvalue weighted by atomic mass is 10.1. The van der Waals surface area contributed by atoms with Crippen LogP contribution < -0.4 is 5.73 Å². The summed E-state index contributed by atoms with van der Waals surface area (Å²) < 4.78 is 26.9. The van der Waals surface area contributed by atoms with Crippen LogP contribution in [0.15, 0.2) is 36.5 Å². The summed E-state index contributed by atoms with van der Waals surface area (Å²) in [6.45, 7) is 0. The summed E-state index contributed by atoms with van der Waals surface area (Å²) in [5, 5.41) is 0. The zero-order chi connectivity index (χ0) is 10.8. The summed E-state index contributed by atoms with van der Waals surface area (Å²) in [5.41, 5.74) is 5.42. The van der Waals surface area contributed by atoms with Crippen LogP contribution in [-0.2, 0) is 0 Å². The van der Waals surface area contributed by atoms with E-state index in [4.69, 9.17) is 5.73 Å². The highest BCUT2D eigenvalue weighted by molar-refractivity contribution is 5.65. The van der Waals surface area contributed by atoms with E-state index >= 15 is 0 Å². The molecule has 0 aliphatic carbocycles. The number of anilines is 1. The number of pyridine rings is 1. The fourth-order valence-corrected chi connectivity index (χ4v) is 1.32. The third-order valence-electron chi connectivity index (χ3n) is 2.04. The molecule has 2 aromatic rings. The second-order valence-corrected chi connectivity index (χ2v) is 3.04. The van der Waals surface area contributed by atoms with Crippen LogP contribution in [0.25, 0.3) is 11.3 Å². The minimum atomic E-state index is -0.643. The van der Waals surface area contributed by atoms with Gasteiger partial charge in [0.05, 0.1) is 5.69 Å². The Morgan fingerprint density at radius 2 is 1.87 bits per heavy atom. The molecule has 0 unspecified atom stereocenters. The van der Waals surface area contributed by atoms with Crippen LogP contribution in [0.2, 0.25) is 0 Å². The Bertz CT molecular complexity index is 498. The molecule has 1 heterocycles. The third kappa shape index (κ3) is 1.66. The van der Waals surface area contributed by atoms with Gasteiger partial charge in [0.1, 0.15) is 11.5 Å². The van der Waals surface area contributed by atoms with Crippen LogP contribution in [0.3, 0.4) is 0 Å². The van der Waals surface area contributed by atoms with Gasteiger partial charge in [0.2, 0.25) is 0 Å². The van der Waals surface area contributed by atoms with Crippen molar-refractivity contribution in [1.29, 1.82) is 0 Å². The Hall–Kier alpha value is -1.97. The van der Waals surface area contributed by atoms with Gasteiger partial charge in [-0.2, -0.15) is 0 Å². The number of aromatic nitrogens is 1.